The molecule has 4 rings (SSSR count). The number of carbonyl (C=O) groups is 2. The number of Topliss-reactive ketones (excluding diaryl/α,β-unsaturated/α-hetero) is 1. The first-order valence-corrected chi connectivity index (χ1v) is 9.54. The van der Waals surface area contributed by atoms with E-state index in [1.807, 2.05) is 11.9 Å². The normalized spacial score (nSPS) is 26.4. The lowest BCUT2D eigenvalue weighted by Gasteiger charge is -2.35. The van der Waals surface area contributed by atoms with Crippen LogP contribution < -0.4 is 14.8 Å². The number of ketones is 1. The van der Waals surface area contributed by atoms with Gasteiger partial charge in [0.2, 0.25) is 5.91 Å². The minimum Gasteiger partial charge on any atom is -0.486 e. The fourth-order valence-corrected chi connectivity index (χ4v) is 4.31. The van der Waals surface area contributed by atoms with Gasteiger partial charge in [-0.1, -0.05) is 0 Å². The van der Waals surface area contributed by atoms with Crippen LogP contribution in [-0.4, -0.2) is 55.0 Å². The van der Waals surface area contributed by atoms with Crippen LogP contribution in [0.4, 0.5) is 0 Å². The van der Waals surface area contributed by atoms with Gasteiger partial charge < -0.3 is 19.7 Å². The lowest BCUT2D eigenvalue weighted by molar-refractivity contribution is -0.132. The molecule has 6 nitrogen and oxygen atoms in total. The fourth-order valence-electron chi connectivity index (χ4n) is 4.31. The number of hydrogen-bond acceptors (Lipinski definition) is 5. The second-order valence-electron chi connectivity index (χ2n) is 7.55. The highest BCUT2D eigenvalue weighted by molar-refractivity contribution is 5.98. The monoisotopic (exact) mass is 358 g/mol. The van der Waals surface area contributed by atoms with Crippen LogP contribution in [0.25, 0.3) is 0 Å². The van der Waals surface area contributed by atoms with Crippen LogP contribution in [0.2, 0.25) is 0 Å². The Morgan fingerprint density at radius 3 is 2.50 bits per heavy atom. The second-order valence-corrected chi connectivity index (χ2v) is 7.55. The Morgan fingerprint density at radius 2 is 1.77 bits per heavy atom. The SMILES string of the molecule is CN(C(=O)CCC(=O)c1ccc2c(c1)OCCO2)C1CC2CCC(C1)N2. The summed E-state index contributed by atoms with van der Waals surface area (Å²) >= 11 is 0. The van der Waals surface area contributed by atoms with Gasteiger partial charge in [-0.05, 0) is 43.9 Å². The summed E-state index contributed by atoms with van der Waals surface area (Å²) in [5.74, 6) is 1.30. The third kappa shape index (κ3) is 3.56. The number of rotatable bonds is 5. The van der Waals surface area contributed by atoms with Gasteiger partial charge in [-0.3, -0.25) is 9.59 Å². The predicted molar refractivity (Wildman–Crippen MR) is 96.7 cm³/mol. The Hall–Kier alpha value is -2.08. The molecule has 0 aromatic heterocycles. The van der Waals surface area contributed by atoms with Crippen molar-refractivity contribution < 1.29 is 19.1 Å². The molecule has 2 atom stereocenters. The number of carbonyl (C=O) groups excluding carboxylic acids is 2. The van der Waals surface area contributed by atoms with Gasteiger partial charge in [0, 0.05) is 43.6 Å². The van der Waals surface area contributed by atoms with Crippen LogP contribution in [0.5, 0.6) is 11.5 Å². The quantitative estimate of drug-likeness (QED) is 0.817. The predicted octanol–water partition coefficient (Wildman–Crippen LogP) is 2.16. The molecule has 140 valence electrons. The molecular weight excluding hydrogens is 332 g/mol. The van der Waals surface area contributed by atoms with E-state index in [0.29, 0.717) is 48.4 Å². The van der Waals surface area contributed by atoms with Crippen molar-refractivity contribution in [3.8, 4) is 11.5 Å². The van der Waals surface area contributed by atoms with E-state index < -0.39 is 0 Å². The fraction of sp³-hybridized carbons (Fsp3) is 0.600. The highest BCUT2D eigenvalue weighted by Gasteiger charge is 2.36. The van der Waals surface area contributed by atoms with E-state index in [4.69, 9.17) is 9.47 Å². The number of nitrogens with one attached hydrogen (secondary N) is 1. The van der Waals surface area contributed by atoms with Gasteiger partial charge in [-0.15, -0.1) is 0 Å². The maximum absolute atomic E-state index is 12.6. The standard InChI is InChI=1S/C20H26N2O4/c1-22(16-11-14-3-4-15(12-16)21-14)20(24)7-5-17(23)13-2-6-18-19(10-13)26-9-8-25-18/h2,6,10,14-16,21H,3-5,7-9,11-12H2,1H3. The molecule has 1 aromatic rings. The molecule has 0 aliphatic carbocycles. The molecule has 6 heteroatoms. The Morgan fingerprint density at radius 1 is 1.08 bits per heavy atom. The first kappa shape index (κ1) is 17.3. The minimum atomic E-state index is -0.0332. The van der Waals surface area contributed by atoms with E-state index in [0.717, 1.165) is 12.8 Å². The zero-order chi connectivity index (χ0) is 18.1. The molecule has 2 unspecified atom stereocenters. The second kappa shape index (κ2) is 7.27. The van der Waals surface area contributed by atoms with Crippen LogP contribution in [0.3, 0.4) is 0 Å². The highest BCUT2D eigenvalue weighted by atomic mass is 16.6. The topological polar surface area (TPSA) is 67.9 Å². The largest absolute Gasteiger partial charge is 0.486 e. The summed E-state index contributed by atoms with van der Waals surface area (Å²) < 4.78 is 11.0. The number of benzene rings is 1. The summed E-state index contributed by atoms with van der Waals surface area (Å²) in [4.78, 5) is 26.9. The van der Waals surface area contributed by atoms with Crippen LogP contribution in [0.15, 0.2) is 18.2 Å². The average molecular weight is 358 g/mol. The molecule has 2 fully saturated rings. The molecule has 2 saturated heterocycles. The summed E-state index contributed by atoms with van der Waals surface area (Å²) in [5.41, 5.74) is 0.574. The number of amides is 1. The molecule has 0 spiro atoms. The highest BCUT2D eigenvalue weighted by Crippen LogP contribution is 2.32. The molecule has 1 aromatic carbocycles. The van der Waals surface area contributed by atoms with Crippen LogP contribution in [0, 0.1) is 0 Å². The van der Waals surface area contributed by atoms with Crippen LogP contribution in [0.1, 0.15) is 48.9 Å². The average Bonchev–Trinajstić information content (AvgIpc) is 3.02. The molecule has 0 saturated carbocycles. The lowest BCUT2D eigenvalue weighted by Crippen LogP contribution is -2.48. The molecule has 26 heavy (non-hydrogen) atoms. The van der Waals surface area contributed by atoms with Crippen molar-refractivity contribution in [2.75, 3.05) is 20.3 Å². The smallest absolute Gasteiger partial charge is 0.223 e. The van der Waals surface area contributed by atoms with Crippen molar-refractivity contribution >= 4 is 11.7 Å². The van der Waals surface area contributed by atoms with Gasteiger partial charge in [0.05, 0.1) is 0 Å². The number of nitrogens with zero attached hydrogens (tertiary/aromatic N) is 1. The van der Waals surface area contributed by atoms with Gasteiger partial charge in [0.15, 0.2) is 17.3 Å². The van der Waals surface area contributed by atoms with E-state index >= 15 is 0 Å². The summed E-state index contributed by atoms with van der Waals surface area (Å²) in [6.45, 7) is 1.02. The van der Waals surface area contributed by atoms with E-state index in [-0.39, 0.29) is 24.5 Å². The summed E-state index contributed by atoms with van der Waals surface area (Å²) in [6.07, 6.45) is 4.95. The maximum Gasteiger partial charge on any atom is 0.223 e. The van der Waals surface area contributed by atoms with Crippen molar-refractivity contribution in [3.63, 3.8) is 0 Å². The van der Waals surface area contributed by atoms with Gasteiger partial charge in [0.1, 0.15) is 13.2 Å². The van der Waals surface area contributed by atoms with E-state index in [1.165, 1.54) is 12.8 Å². The van der Waals surface area contributed by atoms with Crippen molar-refractivity contribution in [1.82, 2.24) is 10.2 Å². The Balaban J connectivity index is 1.31. The molecule has 3 heterocycles. The van der Waals surface area contributed by atoms with E-state index in [9.17, 15) is 9.59 Å². The molecular formula is C20H26N2O4. The third-order valence-corrected chi connectivity index (χ3v) is 5.82. The van der Waals surface area contributed by atoms with Gasteiger partial charge in [-0.25, -0.2) is 0 Å². The molecule has 3 aliphatic heterocycles. The van der Waals surface area contributed by atoms with Crippen molar-refractivity contribution in [1.29, 1.82) is 0 Å². The Bertz CT molecular complexity index is 693. The van der Waals surface area contributed by atoms with E-state index in [2.05, 4.69) is 5.32 Å². The first-order valence-electron chi connectivity index (χ1n) is 9.54. The molecule has 1 N–H and O–H groups in total. The number of hydrogen-bond donors (Lipinski definition) is 1. The maximum atomic E-state index is 12.6. The van der Waals surface area contributed by atoms with Gasteiger partial charge in [-0.2, -0.15) is 0 Å². The summed E-state index contributed by atoms with van der Waals surface area (Å²) in [6, 6.07) is 6.62. The van der Waals surface area contributed by atoms with Crippen molar-refractivity contribution in [3.05, 3.63) is 23.8 Å². The summed E-state index contributed by atoms with van der Waals surface area (Å²) in [5, 5.41) is 3.60. The Kier molecular flexibility index (Phi) is 4.85. The molecule has 0 radical (unpaired) electrons. The molecule has 2 bridgehead atoms. The molecule has 3 aliphatic rings. The van der Waals surface area contributed by atoms with Crippen molar-refractivity contribution in [2.45, 2.75) is 56.7 Å². The molecule has 1 amide bonds. The zero-order valence-corrected chi connectivity index (χ0v) is 15.2. The minimum absolute atomic E-state index is 0.0332. The number of fused-ring (bicyclic) bond motifs is 3. The van der Waals surface area contributed by atoms with Crippen molar-refractivity contribution in [2.24, 2.45) is 0 Å². The lowest BCUT2D eigenvalue weighted by atomic mass is 9.98. The van der Waals surface area contributed by atoms with Gasteiger partial charge >= 0.3 is 0 Å². The third-order valence-electron chi connectivity index (χ3n) is 5.82. The zero-order valence-electron chi connectivity index (χ0n) is 15.2. The Labute approximate surface area is 153 Å². The summed E-state index contributed by atoms with van der Waals surface area (Å²) in [7, 11) is 1.88. The first-order chi connectivity index (χ1) is 12.6. The van der Waals surface area contributed by atoms with Gasteiger partial charge in [0.25, 0.3) is 0 Å². The number of piperidine rings is 1. The van der Waals surface area contributed by atoms with Crippen LogP contribution in [-0.2, 0) is 4.79 Å². The van der Waals surface area contributed by atoms with E-state index in [1.54, 1.807) is 18.2 Å². The van der Waals surface area contributed by atoms with Crippen LogP contribution >= 0.6 is 0 Å². The number of ether oxygens (including phenoxy) is 2.